The summed E-state index contributed by atoms with van der Waals surface area (Å²) in [5, 5.41) is 4.58. The number of hydrogen-bond donors (Lipinski definition) is 1. The molecule has 122 valence electrons. The van der Waals surface area contributed by atoms with E-state index in [9.17, 15) is 4.39 Å². The third-order valence-corrected chi connectivity index (χ3v) is 4.64. The van der Waals surface area contributed by atoms with Crippen LogP contribution in [0, 0.1) is 5.82 Å². The Bertz CT molecular complexity index is 849. The lowest BCUT2D eigenvalue weighted by Crippen LogP contribution is -2.45. The van der Waals surface area contributed by atoms with Gasteiger partial charge in [0.1, 0.15) is 5.82 Å². The standard InChI is InChI=1S/C20H20FN3/c21-18-5-1-3-17(12-18)20-13-22-9-10-24(20)14-15-6-7-19-16(11-15)4-2-8-23-19/h1-8,11-12,20,22H,9-10,13-14H2. The number of nitrogens with one attached hydrogen (secondary N) is 1. The fourth-order valence-corrected chi connectivity index (χ4v) is 3.44. The largest absolute Gasteiger partial charge is 0.314 e. The Labute approximate surface area is 141 Å². The third kappa shape index (κ3) is 3.16. The molecule has 1 aliphatic heterocycles. The quantitative estimate of drug-likeness (QED) is 0.800. The molecule has 3 nitrogen and oxygen atoms in total. The molecule has 4 rings (SSSR count). The van der Waals surface area contributed by atoms with Gasteiger partial charge in [0.15, 0.2) is 0 Å². The highest BCUT2D eigenvalue weighted by molar-refractivity contribution is 5.78. The number of piperazine rings is 1. The average Bonchev–Trinajstić information content (AvgIpc) is 2.62. The van der Waals surface area contributed by atoms with Crippen molar-refractivity contribution in [2.45, 2.75) is 12.6 Å². The first-order chi connectivity index (χ1) is 11.8. The van der Waals surface area contributed by atoms with Crippen LogP contribution in [0.3, 0.4) is 0 Å². The second-order valence-electron chi connectivity index (χ2n) is 6.28. The molecule has 0 aliphatic carbocycles. The van der Waals surface area contributed by atoms with Gasteiger partial charge in [-0.1, -0.05) is 24.3 Å². The molecule has 2 aromatic carbocycles. The van der Waals surface area contributed by atoms with E-state index in [4.69, 9.17) is 0 Å². The zero-order valence-corrected chi connectivity index (χ0v) is 13.5. The lowest BCUT2D eigenvalue weighted by Gasteiger charge is -2.36. The van der Waals surface area contributed by atoms with Gasteiger partial charge in [-0.3, -0.25) is 9.88 Å². The molecule has 1 saturated heterocycles. The van der Waals surface area contributed by atoms with Gasteiger partial charge in [-0.2, -0.15) is 0 Å². The molecule has 2 heterocycles. The summed E-state index contributed by atoms with van der Waals surface area (Å²) in [6.45, 7) is 3.61. The maximum absolute atomic E-state index is 13.6. The Kier molecular flexibility index (Phi) is 4.24. The van der Waals surface area contributed by atoms with E-state index in [1.54, 1.807) is 12.1 Å². The van der Waals surface area contributed by atoms with Crippen molar-refractivity contribution in [3.05, 3.63) is 77.7 Å². The number of benzene rings is 2. The van der Waals surface area contributed by atoms with E-state index in [1.807, 2.05) is 18.3 Å². The van der Waals surface area contributed by atoms with Crippen molar-refractivity contribution >= 4 is 10.9 Å². The van der Waals surface area contributed by atoms with E-state index in [0.29, 0.717) is 0 Å². The summed E-state index contributed by atoms with van der Waals surface area (Å²) in [6.07, 6.45) is 1.82. The van der Waals surface area contributed by atoms with Crippen LogP contribution in [0.15, 0.2) is 60.8 Å². The van der Waals surface area contributed by atoms with Gasteiger partial charge in [-0.05, 0) is 41.5 Å². The smallest absolute Gasteiger partial charge is 0.123 e. The first kappa shape index (κ1) is 15.2. The highest BCUT2D eigenvalue weighted by Crippen LogP contribution is 2.25. The van der Waals surface area contributed by atoms with E-state index < -0.39 is 0 Å². The minimum atomic E-state index is -0.171. The second kappa shape index (κ2) is 6.67. The van der Waals surface area contributed by atoms with Gasteiger partial charge < -0.3 is 5.32 Å². The van der Waals surface area contributed by atoms with Crippen molar-refractivity contribution in [1.82, 2.24) is 15.2 Å². The SMILES string of the molecule is Fc1cccc(C2CNCCN2Cc2ccc3ncccc3c2)c1. The van der Waals surface area contributed by atoms with Gasteiger partial charge in [-0.25, -0.2) is 4.39 Å². The minimum absolute atomic E-state index is 0.171. The van der Waals surface area contributed by atoms with Crippen LogP contribution in [-0.2, 0) is 6.54 Å². The van der Waals surface area contributed by atoms with Crippen molar-refractivity contribution in [2.24, 2.45) is 0 Å². The predicted octanol–water partition coefficient (Wildman–Crippen LogP) is 3.52. The Balaban J connectivity index is 1.60. The highest BCUT2D eigenvalue weighted by atomic mass is 19.1. The molecule has 1 unspecified atom stereocenters. The van der Waals surface area contributed by atoms with Crippen LogP contribution in [0.1, 0.15) is 17.2 Å². The molecule has 1 N–H and O–H groups in total. The van der Waals surface area contributed by atoms with E-state index in [1.165, 1.54) is 11.6 Å². The molecule has 0 radical (unpaired) electrons. The molecule has 4 heteroatoms. The molecule has 1 aliphatic rings. The lowest BCUT2D eigenvalue weighted by atomic mass is 10.0. The zero-order valence-electron chi connectivity index (χ0n) is 13.5. The lowest BCUT2D eigenvalue weighted by molar-refractivity contribution is 0.153. The number of fused-ring (bicyclic) bond motifs is 1. The first-order valence-corrected chi connectivity index (χ1v) is 8.33. The summed E-state index contributed by atoms with van der Waals surface area (Å²) >= 11 is 0. The molecule has 24 heavy (non-hydrogen) atoms. The Morgan fingerprint density at radius 1 is 1.12 bits per heavy atom. The number of pyridine rings is 1. The highest BCUT2D eigenvalue weighted by Gasteiger charge is 2.24. The molecular formula is C20H20FN3. The van der Waals surface area contributed by atoms with Crippen molar-refractivity contribution in [3.8, 4) is 0 Å². The van der Waals surface area contributed by atoms with Crippen LogP contribution in [0.25, 0.3) is 10.9 Å². The van der Waals surface area contributed by atoms with Gasteiger partial charge in [0.2, 0.25) is 0 Å². The van der Waals surface area contributed by atoms with Crippen LogP contribution < -0.4 is 5.32 Å². The Hall–Kier alpha value is -2.30. The summed E-state index contributed by atoms with van der Waals surface area (Å²) in [6, 6.07) is 17.6. The molecule has 0 amide bonds. The summed E-state index contributed by atoms with van der Waals surface area (Å²) in [5.41, 5.74) is 3.31. The molecule has 0 spiro atoms. The number of hydrogen-bond acceptors (Lipinski definition) is 3. The van der Waals surface area contributed by atoms with Crippen LogP contribution in [0.5, 0.6) is 0 Å². The fourth-order valence-electron chi connectivity index (χ4n) is 3.44. The molecule has 3 aromatic rings. The zero-order chi connectivity index (χ0) is 16.4. The first-order valence-electron chi connectivity index (χ1n) is 8.33. The molecule has 0 saturated carbocycles. The summed E-state index contributed by atoms with van der Waals surface area (Å²) < 4.78 is 13.6. The van der Waals surface area contributed by atoms with Crippen molar-refractivity contribution in [2.75, 3.05) is 19.6 Å². The maximum atomic E-state index is 13.6. The van der Waals surface area contributed by atoms with E-state index in [0.717, 1.165) is 42.6 Å². The maximum Gasteiger partial charge on any atom is 0.123 e. The van der Waals surface area contributed by atoms with Gasteiger partial charge in [0.05, 0.1) is 5.52 Å². The fraction of sp³-hybridized carbons (Fsp3) is 0.250. The average molecular weight is 321 g/mol. The van der Waals surface area contributed by atoms with Gasteiger partial charge in [0.25, 0.3) is 0 Å². The summed E-state index contributed by atoms with van der Waals surface area (Å²) in [4.78, 5) is 6.80. The third-order valence-electron chi connectivity index (χ3n) is 4.64. The van der Waals surface area contributed by atoms with Gasteiger partial charge in [-0.15, -0.1) is 0 Å². The summed E-state index contributed by atoms with van der Waals surface area (Å²) in [5.74, 6) is -0.171. The normalized spacial score (nSPS) is 18.8. The molecule has 1 fully saturated rings. The van der Waals surface area contributed by atoms with E-state index in [-0.39, 0.29) is 11.9 Å². The molecule has 1 atom stereocenters. The van der Waals surface area contributed by atoms with Gasteiger partial charge in [0, 0.05) is 43.8 Å². The second-order valence-corrected chi connectivity index (χ2v) is 6.28. The van der Waals surface area contributed by atoms with Crippen molar-refractivity contribution < 1.29 is 4.39 Å². The van der Waals surface area contributed by atoms with Crippen LogP contribution >= 0.6 is 0 Å². The van der Waals surface area contributed by atoms with Crippen LogP contribution in [-0.4, -0.2) is 29.5 Å². The van der Waals surface area contributed by atoms with Crippen LogP contribution in [0.4, 0.5) is 4.39 Å². The van der Waals surface area contributed by atoms with Crippen LogP contribution in [0.2, 0.25) is 0 Å². The predicted molar refractivity (Wildman–Crippen MR) is 94.2 cm³/mol. The molecule has 1 aromatic heterocycles. The van der Waals surface area contributed by atoms with E-state index in [2.05, 4.69) is 39.5 Å². The van der Waals surface area contributed by atoms with E-state index >= 15 is 0 Å². The topological polar surface area (TPSA) is 28.2 Å². The number of aromatic nitrogens is 1. The Morgan fingerprint density at radius 2 is 2.08 bits per heavy atom. The number of rotatable bonds is 3. The molecule has 0 bridgehead atoms. The number of halogens is 1. The van der Waals surface area contributed by atoms with Crippen molar-refractivity contribution in [1.29, 1.82) is 0 Å². The number of nitrogens with zero attached hydrogens (tertiary/aromatic N) is 2. The summed E-state index contributed by atoms with van der Waals surface area (Å²) in [7, 11) is 0. The van der Waals surface area contributed by atoms with Gasteiger partial charge >= 0.3 is 0 Å². The minimum Gasteiger partial charge on any atom is -0.314 e. The Morgan fingerprint density at radius 3 is 3.00 bits per heavy atom. The monoisotopic (exact) mass is 321 g/mol. The van der Waals surface area contributed by atoms with Crippen molar-refractivity contribution in [3.63, 3.8) is 0 Å². The molecular weight excluding hydrogens is 301 g/mol.